The molecule has 6 nitrogen and oxygen atoms in total. The Hall–Kier alpha value is -2.99. The van der Waals surface area contributed by atoms with E-state index in [4.69, 9.17) is 4.52 Å². The van der Waals surface area contributed by atoms with Gasteiger partial charge in [-0.15, -0.1) is 0 Å². The van der Waals surface area contributed by atoms with Crippen LogP contribution in [0.2, 0.25) is 0 Å². The van der Waals surface area contributed by atoms with E-state index in [1.165, 1.54) is 0 Å². The van der Waals surface area contributed by atoms with Gasteiger partial charge in [0, 0.05) is 61.5 Å². The van der Waals surface area contributed by atoms with Crippen molar-refractivity contribution in [1.29, 1.82) is 0 Å². The number of aromatic nitrogens is 2. The number of rotatable bonds is 4. The number of pyridine rings is 1. The second-order valence-corrected chi connectivity index (χ2v) is 7.16. The Kier molecular flexibility index (Phi) is 5.21. The molecule has 0 bridgehead atoms. The highest BCUT2D eigenvalue weighted by molar-refractivity contribution is 5.95. The third-order valence-electron chi connectivity index (χ3n) is 5.32. The molecule has 0 radical (unpaired) electrons. The van der Waals surface area contributed by atoms with Crippen LogP contribution in [0.4, 0.5) is 0 Å². The highest BCUT2D eigenvalue weighted by atomic mass is 16.5. The van der Waals surface area contributed by atoms with E-state index in [2.05, 4.69) is 15.0 Å². The van der Waals surface area contributed by atoms with Crippen molar-refractivity contribution < 1.29 is 9.32 Å². The van der Waals surface area contributed by atoms with Gasteiger partial charge in [-0.25, -0.2) is 0 Å². The van der Waals surface area contributed by atoms with E-state index in [0.29, 0.717) is 0 Å². The van der Waals surface area contributed by atoms with Crippen molar-refractivity contribution in [2.24, 2.45) is 0 Å². The van der Waals surface area contributed by atoms with Crippen LogP contribution in [-0.4, -0.2) is 52.0 Å². The zero-order valence-electron chi connectivity index (χ0n) is 16.3. The monoisotopic (exact) mass is 376 g/mol. The maximum Gasteiger partial charge on any atom is 0.246 e. The summed E-state index contributed by atoms with van der Waals surface area (Å²) in [5.74, 6) is 0.924. The summed E-state index contributed by atoms with van der Waals surface area (Å²) in [4.78, 5) is 21.3. The first-order chi connectivity index (χ1) is 13.6. The molecule has 1 fully saturated rings. The quantitative estimate of drug-likeness (QED) is 0.655. The Labute approximate surface area is 164 Å². The van der Waals surface area contributed by atoms with Crippen molar-refractivity contribution in [3.05, 3.63) is 65.2 Å². The molecule has 0 aliphatic carbocycles. The van der Waals surface area contributed by atoms with E-state index in [1.807, 2.05) is 55.2 Å². The summed E-state index contributed by atoms with van der Waals surface area (Å²) in [6.45, 7) is 7.88. The number of hydrogen-bond acceptors (Lipinski definition) is 5. The van der Waals surface area contributed by atoms with Gasteiger partial charge >= 0.3 is 0 Å². The lowest BCUT2D eigenvalue weighted by molar-refractivity contribution is -0.127. The number of para-hydroxylation sites is 1. The third-order valence-corrected chi connectivity index (χ3v) is 5.32. The van der Waals surface area contributed by atoms with E-state index in [1.54, 1.807) is 12.3 Å². The van der Waals surface area contributed by atoms with Crippen molar-refractivity contribution in [3.8, 4) is 0 Å². The van der Waals surface area contributed by atoms with Gasteiger partial charge in [0.1, 0.15) is 5.76 Å². The highest BCUT2D eigenvalue weighted by Crippen LogP contribution is 2.18. The SMILES string of the molecule is Cc1noc(C)c1CN1CCN(C(=O)/C=C/c2cccc3cccnc23)CC1. The lowest BCUT2D eigenvalue weighted by Crippen LogP contribution is -2.47. The lowest BCUT2D eigenvalue weighted by atomic mass is 10.1. The predicted octanol–water partition coefficient (Wildman–Crippen LogP) is 3.20. The molecule has 2 aromatic heterocycles. The Morgan fingerprint density at radius 2 is 1.93 bits per heavy atom. The third kappa shape index (κ3) is 3.82. The van der Waals surface area contributed by atoms with Gasteiger partial charge < -0.3 is 9.42 Å². The van der Waals surface area contributed by atoms with Gasteiger partial charge in [0.25, 0.3) is 0 Å². The number of piperazine rings is 1. The maximum absolute atomic E-state index is 12.6. The van der Waals surface area contributed by atoms with Gasteiger partial charge in [-0.05, 0) is 26.0 Å². The maximum atomic E-state index is 12.6. The second-order valence-electron chi connectivity index (χ2n) is 7.16. The van der Waals surface area contributed by atoms with Crippen LogP contribution in [0.3, 0.4) is 0 Å². The fourth-order valence-electron chi connectivity index (χ4n) is 3.61. The number of amides is 1. The highest BCUT2D eigenvalue weighted by Gasteiger charge is 2.21. The molecular formula is C22H24N4O2. The van der Waals surface area contributed by atoms with Crippen molar-refractivity contribution in [3.63, 3.8) is 0 Å². The molecule has 0 spiro atoms. The Balaban J connectivity index is 1.37. The molecule has 1 aromatic carbocycles. The molecule has 1 aliphatic rings. The molecule has 1 saturated heterocycles. The van der Waals surface area contributed by atoms with Crippen LogP contribution in [-0.2, 0) is 11.3 Å². The fourth-order valence-corrected chi connectivity index (χ4v) is 3.61. The lowest BCUT2D eigenvalue weighted by Gasteiger charge is -2.34. The van der Waals surface area contributed by atoms with Gasteiger partial charge in [0.2, 0.25) is 5.91 Å². The molecule has 0 unspecified atom stereocenters. The zero-order valence-corrected chi connectivity index (χ0v) is 16.3. The minimum absolute atomic E-state index is 0.0462. The summed E-state index contributed by atoms with van der Waals surface area (Å²) in [6.07, 6.45) is 5.31. The Morgan fingerprint density at radius 3 is 2.68 bits per heavy atom. The number of nitrogens with zero attached hydrogens (tertiary/aromatic N) is 4. The predicted molar refractivity (Wildman–Crippen MR) is 109 cm³/mol. The number of carbonyl (C=O) groups is 1. The van der Waals surface area contributed by atoms with Crippen LogP contribution in [0.25, 0.3) is 17.0 Å². The normalized spacial score (nSPS) is 15.6. The van der Waals surface area contributed by atoms with Crippen molar-refractivity contribution >= 4 is 22.9 Å². The molecule has 3 heterocycles. The Morgan fingerprint density at radius 1 is 1.14 bits per heavy atom. The minimum Gasteiger partial charge on any atom is -0.361 e. The van der Waals surface area contributed by atoms with E-state index < -0.39 is 0 Å². The topological polar surface area (TPSA) is 62.5 Å². The average molecular weight is 376 g/mol. The van der Waals surface area contributed by atoms with Gasteiger partial charge in [0.15, 0.2) is 0 Å². The summed E-state index contributed by atoms with van der Waals surface area (Å²) in [5.41, 5.74) is 3.98. The summed E-state index contributed by atoms with van der Waals surface area (Å²) in [5, 5.41) is 5.09. The van der Waals surface area contributed by atoms with Crippen molar-refractivity contribution in [2.45, 2.75) is 20.4 Å². The van der Waals surface area contributed by atoms with Gasteiger partial charge in [-0.3, -0.25) is 14.7 Å². The summed E-state index contributed by atoms with van der Waals surface area (Å²) < 4.78 is 5.25. The summed E-state index contributed by atoms with van der Waals surface area (Å²) >= 11 is 0. The van der Waals surface area contributed by atoms with E-state index in [0.717, 1.165) is 66.2 Å². The molecule has 1 amide bonds. The van der Waals surface area contributed by atoms with E-state index >= 15 is 0 Å². The van der Waals surface area contributed by atoms with Gasteiger partial charge in [-0.2, -0.15) is 0 Å². The first kappa shape index (κ1) is 18.4. The van der Waals surface area contributed by atoms with Gasteiger partial charge in [-0.1, -0.05) is 29.4 Å². The molecule has 144 valence electrons. The second kappa shape index (κ2) is 7.94. The molecule has 0 N–H and O–H groups in total. The molecule has 0 atom stereocenters. The van der Waals surface area contributed by atoms with Crippen LogP contribution >= 0.6 is 0 Å². The number of fused-ring (bicyclic) bond motifs is 1. The average Bonchev–Trinajstić information content (AvgIpc) is 3.04. The van der Waals surface area contributed by atoms with Crippen LogP contribution in [0.15, 0.2) is 47.1 Å². The van der Waals surface area contributed by atoms with Crippen LogP contribution in [0, 0.1) is 13.8 Å². The van der Waals surface area contributed by atoms with E-state index in [9.17, 15) is 4.79 Å². The summed E-state index contributed by atoms with van der Waals surface area (Å²) in [6, 6.07) is 9.95. The zero-order chi connectivity index (χ0) is 19.5. The number of hydrogen-bond donors (Lipinski definition) is 0. The molecule has 0 saturated carbocycles. The number of aryl methyl sites for hydroxylation is 2. The standard InChI is InChI=1S/C22H24N4O2/c1-16-20(17(2)28-24-16)15-25-11-13-26(14-12-25)21(27)9-8-19-6-3-5-18-7-4-10-23-22(18)19/h3-10H,11-15H2,1-2H3/b9-8+. The van der Waals surface area contributed by atoms with Crippen LogP contribution in [0.5, 0.6) is 0 Å². The molecule has 6 heteroatoms. The molecule has 4 rings (SSSR count). The smallest absolute Gasteiger partial charge is 0.246 e. The van der Waals surface area contributed by atoms with Crippen LogP contribution < -0.4 is 0 Å². The summed E-state index contributed by atoms with van der Waals surface area (Å²) in [7, 11) is 0. The first-order valence-electron chi connectivity index (χ1n) is 9.56. The fraction of sp³-hybridized carbons (Fsp3) is 0.318. The van der Waals surface area contributed by atoms with E-state index in [-0.39, 0.29) is 5.91 Å². The van der Waals surface area contributed by atoms with Gasteiger partial charge in [0.05, 0.1) is 11.2 Å². The van der Waals surface area contributed by atoms with Crippen molar-refractivity contribution in [2.75, 3.05) is 26.2 Å². The minimum atomic E-state index is 0.0462. The molecular weight excluding hydrogens is 352 g/mol. The first-order valence-corrected chi connectivity index (χ1v) is 9.56. The molecule has 1 aliphatic heterocycles. The largest absolute Gasteiger partial charge is 0.361 e. The number of benzene rings is 1. The van der Waals surface area contributed by atoms with Crippen LogP contribution in [0.1, 0.15) is 22.6 Å². The molecule has 28 heavy (non-hydrogen) atoms. The van der Waals surface area contributed by atoms with Crippen molar-refractivity contribution in [1.82, 2.24) is 19.9 Å². The number of carbonyl (C=O) groups excluding carboxylic acids is 1. The Bertz CT molecular complexity index is 992. The molecule has 3 aromatic rings.